The second-order valence-electron chi connectivity index (χ2n) is 4.71. The number of anilines is 1. The predicted molar refractivity (Wildman–Crippen MR) is 94.1 cm³/mol. The summed E-state index contributed by atoms with van der Waals surface area (Å²) < 4.78 is 5.28. The van der Waals surface area contributed by atoms with Crippen LogP contribution < -0.4 is 15.6 Å². The largest absolute Gasteiger partial charge is 0.463 e. The molecule has 0 bridgehead atoms. The van der Waals surface area contributed by atoms with E-state index in [1.54, 1.807) is 18.2 Å². The number of carbonyl (C=O) groups is 1. The second kappa shape index (κ2) is 7.25. The Morgan fingerprint density at radius 3 is 2.83 bits per heavy atom. The van der Waals surface area contributed by atoms with Gasteiger partial charge in [-0.1, -0.05) is 35.3 Å². The van der Waals surface area contributed by atoms with Crippen molar-refractivity contribution in [1.29, 1.82) is 0 Å². The molecule has 0 saturated heterocycles. The summed E-state index contributed by atoms with van der Waals surface area (Å²) >= 11 is 11.7. The van der Waals surface area contributed by atoms with Gasteiger partial charge in [-0.2, -0.15) is 0 Å². The number of H-pyrrole nitrogens is 1. The zero-order valence-electron chi connectivity index (χ0n) is 12.2. The minimum absolute atomic E-state index is 0.355. The van der Waals surface area contributed by atoms with Gasteiger partial charge in [0.15, 0.2) is 0 Å². The summed E-state index contributed by atoms with van der Waals surface area (Å²) in [5.41, 5.74) is 6.81. The van der Waals surface area contributed by atoms with Crippen LogP contribution in [0.25, 0.3) is 11.0 Å². The van der Waals surface area contributed by atoms with Gasteiger partial charge in [0, 0.05) is 11.1 Å². The zero-order chi connectivity index (χ0) is 16.9. The quantitative estimate of drug-likeness (QED) is 0.365. The van der Waals surface area contributed by atoms with Crippen molar-refractivity contribution in [2.75, 3.05) is 5.43 Å². The maximum atomic E-state index is 11.7. The molecule has 0 saturated carbocycles. The normalized spacial score (nSPS) is 10.9. The monoisotopic (exact) mass is 362 g/mol. The number of nitrogens with zero attached hydrogens (tertiary/aromatic N) is 1. The van der Waals surface area contributed by atoms with Gasteiger partial charge < -0.3 is 9.72 Å². The molecule has 1 amide bonds. The van der Waals surface area contributed by atoms with Crippen LogP contribution in [0.1, 0.15) is 0 Å². The highest BCUT2D eigenvalue weighted by molar-refractivity contribution is 6.35. The minimum Gasteiger partial charge on any atom is -0.463 e. The van der Waals surface area contributed by atoms with Crippen LogP contribution in [0.2, 0.25) is 10.0 Å². The van der Waals surface area contributed by atoms with Crippen LogP contribution in [0.3, 0.4) is 0 Å². The number of halogens is 2. The number of hydrogen-bond acceptors (Lipinski definition) is 4. The number of ether oxygens (including phenoxy) is 1. The first kappa shape index (κ1) is 16.2. The fraction of sp³-hybridized carbons (Fsp3) is 0. The van der Waals surface area contributed by atoms with E-state index in [2.05, 4.69) is 20.8 Å². The molecule has 6 nitrogen and oxygen atoms in total. The van der Waals surface area contributed by atoms with Gasteiger partial charge >= 0.3 is 0 Å². The van der Waals surface area contributed by atoms with Crippen molar-refractivity contribution in [3.63, 3.8) is 0 Å². The Morgan fingerprint density at radius 1 is 1.21 bits per heavy atom. The highest BCUT2D eigenvalue weighted by Gasteiger charge is 2.03. The lowest BCUT2D eigenvalue weighted by Crippen LogP contribution is -2.28. The third-order valence-electron chi connectivity index (χ3n) is 3.00. The summed E-state index contributed by atoms with van der Waals surface area (Å²) in [6, 6.07) is 12.3. The molecule has 0 aliphatic heterocycles. The van der Waals surface area contributed by atoms with Crippen LogP contribution in [0.4, 0.5) is 5.95 Å². The summed E-state index contributed by atoms with van der Waals surface area (Å²) in [5.74, 6) is 0.413. The van der Waals surface area contributed by atoms with Crippen LogP contribution in [0, 0.1) is 0 Å². The van der Waals surface area contributed by atoms with Gasteiger partial charge in [0.1, 0.15) is 5.75 Å². The fourth-order valence-corrected chi connectivity index (χ4v) is 2.37. The fourth-order valence-electron chi connectivity index (χ4n) is 1.91. The Balaban J connectivity index is 1.53. The Labute approximate surface area is 147 Å². The molecule has 1 aromatic heterocycles. The van der Waals surface area contributed by atoms with Crippen LogP contribution in [-0.4, -0.2) is 15.9 Å². The molecule has 3 aromatic rings. The molecule has 0 unspecified atom stereocenters. The molecule has 2 aromatic carbocycles. The number of rotatable bonds is 5. The molecule has 0 atom stereocenters. The lowest BCUT2D eigenvalue weighted by molar-refractivity contribution is -0.116. The molecule has 0 aliphatic carbocycles. The number of carbonyl (C=O) groups excluding carboxylic acids is 1. The number of benzene rings is 2. The average molecular weight is 363 g/mol. The molecule has 0 aliphatic rings. The van der Waals surface area contributed by atoms with Crippen molar-refractivity contribution in [1.82, 2.24) is 15.4 Å². The number of amides is 1. The van der Waals surface area contributed by atoms with Gasteiger partial charge in [0.05, 0.1) is 22.3 Å². The molecule has 24 heavy (non-hydrogen) atoms. The first-order chi connectivity index (χ1) is 11.6. The lowest BCUT2D eigenvalue weighted by atomic mass is 10.3. The van der Waals surface area contributed by atoms with E-state index in [1.807, 2.05) is 24.3 Å². The number of nitrogens with one attached hydrogen (secondary N) is 3. The summed E-state index contributed by atoms with van der Waals surface area (Å²) in [6.45, 7) is 0. The number of fused-ring (bicyclic) bond motifs is 1. The smallest absolute Gasteiger partial charge is 0.265 e. The molecule has 3 N–H and O–H groups in total. The number of hydrogen-bond donors (Lipinski definition) is 3. The highest BCUT2D eigenvalue weighted by Crippen LogP contribution is 2.27. The average Bonchev–Trinajstić information content (AvgIpc) is 2.98. The first-order valence-corrected chi connectivity index (χ1v) is 7.66. The van der Waals surface area contributed by atoms with E-state index in [-0.39, 0.29) is 0 Å². The van der Waals surface area contributed by atoms with Gasteiger partial charge in [-0.15, -0.1) is 0 Å². The standard InChI is InChI=1S/C16H12Cl2N4O2/c17-10-5-6-14(11(18)9-10)24-8-7-15(23)21-22-16-19-12-3-1-2-4-13(12)20-16/h1-9H,(H,21,23)(H2,19,20,22)/b8-7+. The van der Waals surface area contributed by atoms with Gasteiger partial charge in [-0.25, -0.2) is 4.98 Å². The van der Waals surface area contributed by atoms with Gasteiger partial charge in [-0.3, -0.25) is 15.6 Å². The van der Waals surface area contributed by atoms with Crippen molar-refractivity contribution in [2.45, 2.75) is 0 Å². The maximum absolute atomic E-state index is 11.7. The van der Waals surface area contributed by atoms with Crippen molar-refractivity contribution in [3.8, 4) is 5.75 Å². The van der Waals surface area contributed by atoms with E-state index >= 15 is 0 Å². The number of para-hydroxylation sites is 2. The van der Waals surface area contributed by atoms with Crippen molar-refractivity contribution < 1.29 is 9.53 Å². The van der Waals surface area contributed by atoms with Gasteiger partial charge in [-0.05, 0) is 30.3 Å². The van der Waals surface area contributed by atoms with E-state index in [9.17, 15) is 4.79 Å². The summed E-state index contributed by atoms with van der Waals surface area (Å²) in [6.07, 6.45) is 2.44. The van der Waals surface area contributed by atoms with Gasteiger partial charge in [0.2, 0.25) is 5.95 Å². The molecular weight excluding hydrogens is 351 g/mol. The Morgan fingerprint density at radius 2 is 2.04 bits per heavy atom. The second-order valence-corrected chi connectivity index (χ2v) is 5.56. The topological polar surface area (TPSA) is 79.0 Å². The van der Waals surface area contributed by atoms with Crippen LogP contribution >= 0.6 is 23.2 Å². The summed E-state index contributed by atoms with van der Waals surface area (Å²) in [4.78, 5) is 19.0. The summed E-state index contributed by atoms with van der Waals surface area (Å²) in [5, 5.41) is 0.858. The number of aromatic amines is 1. The van der Waals surface area contributed by atoms with Crippen LogP contribution in [-0.2, 0) is 4.79 Å². The lowest BCUT2D eigenvalue weighted by Gasteiger charge is -2.04. The third-order valence-corrected chi connectivity index (χ3v) is 3.53. The minimum atomic E-state index is -0.416. The van der Waals surface area contributed by atoms with Gasteiger partial charge in [0.25, 0.3) is 5.91 Å². The number of imidazole rings is 1. The highest BCUT2D eigenvalue weighted by atomic mass is 35.5. The maximum Gasteiger partial charge on any atom is 0.265 e. The van der Waals surface area contributed by atoms with Crippen molar-refractivity contribution in [2.24, 2.45) is 0 Å². The van der Waals surface area contributed by atoms with Crippen molar-refractivity contribution >= 4 is 46.1 Å². The van der Waals surface area contributed by atoms with E-state index in [1.165, 1.54) is 12.3 Å². The molecule has 0 fully saturated rings. The molecule has 122 valence electrons. The Kier molecular flexibility index (Phi) is 4.88. The SMILES string of the molecule is O=C(/C=C/Oc1ccc(Cl)cc1Cl)NNc1nc2ccccc2[nH]1. The van der Waals surface area contributed by atoms with Crippen LogP contribution in [0.5, 0.6) is 5.75 Å². The molecule has 0 radical (unpaired) electrons. The molecule has 1 heterocycles. The predicted octanol–water partition coefficient (Wildman–Crippen LogP) is 3.91. The summed E-state index contributed by atoms with van der Waals surface area (Å²) in [7, 11) is 0. The first-order valence-electron chi connectivity index (χ1n) is 6.91. The number of aromatic nitrogens is 2. The van der Waals surface area contributed by atoms with E-state index in [0.717, 1.165) is 11.0 Å². The Bertz CT molecular complexity index is 875. The molecular formula is C16H12Cl2N4O2. The molecule has 0 spiro atoms. The molecule has 8 heteroatoms. The van der Waals surface area contributed by atoms with Crippen molar-refractivity contribution in [3.05, 3.63) is 64.8 Å². The number of hydrazine groups is 1. The molecule has 3 rings (SSSR count). The Hall–Kier alpha value is -2.70. The van der Waals surface area contributed by atoms with Crippen LogP contribution in [0.15, 0.2) is 54.8 Å². The zero-order valence-corrected chi connectivity index (χ0v) is 13.7. The van der Waals surface area contributed by atoms with E-state index in [4.69, 9.17) is 27.9 Å². The third kappa shape index (κ3) is 3.98. The van der Waals surface area contributed by atoms with E-state index in [0.29, 0.717) is 21.7 Å². The van der Waals surface area contributed by atoms with E-state index < -0.39 is 5.91 Å².